The van der Waals surface area contributed by atoms with E-state index in [0.29, 0.717) is 15.4 Å². The van der Waals surface area contributed by atoms with Gasteiger partial charge in [0.1, 0.15) is 11.5 Å². The van der Waals surface area contributed by atoms with Crippen molar-refractivity contribution in [2.24, 2.45) is 0 Å². The van der Waals surface area contributed by atoms with Crippen LogP contribution in [0, 0.1) is 6.92 Å². The van der Waals surface area contributed by atoms with Crippen molar-refractivity contribution in [1.29, 1.82) is 0 Å². The van der Waals surface area contributed by atoms with Crippen LogP contribution in [0.3, 0.4) is 0 Å². The van der Waals surface area contributed by atoms with E-state index in [1.165, 1.54) is 12.1 Å². The summed E-state index contributed by atoms with van der Waals surface area (Å²) in [4.78, 5) is 0.930. The van der Waals surface area contributed by atoms with E-state index in [9.17, 15) is 14.4 Å². The molecule has 2 N–H and O–H groups in total. The van der Waals surface area contributed by atoms with Crippen LogP contribution >= 0.6 is 0 Å². The highest BCUT2D eigenvalue weighted by Gasteiger charge is 2.15. The Morgan fingerprint density at radius 3 is 2.29 bits per heavy atom. The maximum absolute atomic E-state index is 12.2. The third-order valence-electron chi connectivity index (χ3n) is 2.52. The third kappa shape index (κ3) is 2.17. The molecule has 0 aliphatic heterocycles. The summed E-state index contributed by atoms with van der Waals surface area (Å²) in [7, 11) is -1.44. The van der Waals surface area contributed by atoms with Crippen LogP contribution in [0.25, 0.3) is 0 Å². The fourth-order valence-electron chi connectivity index (χ4n) is 1.49. The summed E-state index contributed by atoms with van der Waals surface area (Å²) < 4.78 is 12.2. The molecule has 0 radical (unpaired) electrons. The van der Waals surface area contributed by atoms with Gasteiger partial charge in [-0.1, -0.05) is 18.2 Å². The summed E-state index contributed by atoms with van der Waals surface area (Å²) in [5.41, 5.74) is 0.340. The van der Waals surface area contributed by atoms with Crippen LogP contribution in [0.15, 0.2) is 52.3 Å². The first kappa shape index (κ1) is 11.7. The highest BCUT2D eigenvalue weighted by molar-refractivity contribution is 7.85. The SMILES string of the molecule is Cc1c(O)ccc(S(=O)c2ccccc2)c1O. The standard InChI is InChI=1S/C13H12O3S/c1-9-11(14)7-8-12(13(9)15)17(16)10-5-3-2-4-6-10/h2-8,14-15H,1H3. The van der Waals surface area contributed by atoms with Crippen molar-refractivity contribution in [3.8, 4) is 11.5 Å². The molecular formula is C13H12O3S. The highest BCUT2D eigenvalue weighted by Crippen LogP contribution is 2.33. The van der Waals surface area contributed by atoms with E-state index in [1.807, 2.05) is 6.07 Å². The molecule has 0 aromatic heterocycles. The van der Waals surface area contributed by atoms with Gasteiger partial charge in [-0.25, -0.2) is 4.21 Å². The molecule has 0 bridgehead atoms. The van der Waals surface area contributed by atoms with Gasteiger partial charge in [0.25, 0.3) is 0 Å². The van der Waals surface area contributed by atoms with Gasteiger partial charge < -0.3 is 10.2 Å². The van der Waals surface area contributed by atoms with Gasteiger partial charge in [-0.3, -0.25) is 0 Å². The predicted molar refractivity (Wildman–Crippen MR) is 65.6 cm³/mol. The Morgan fingerprint density at radius 1 is 1.00 bits per heavy atom. The zero-order chi connectivity index (χ0) is 12.4. The maximum atomic E-state index is 12.2. The van der Waals surface area contributed by atoms with Crippen molar-refractivity contribution in [3.05, 3.63) is 48.0 Å². The lowest BCUT2D eigenvalue weighted by Crippen LogP contribution is -1.94. The topological polar surface area (TPSA) is 57.5 Å². The molecule has 17 heavy (non-hydrogen) atoms. The largest absolute Gasteiger partial charge is 0.508 e. The number of aromatic hydroxyl groups is 2. The Hall–Kier alpha value is -1.81. The van der Waals surface area contributed by atoms with Crippen LogP contribution in [0.4, 0.5) is 0 Å². The predicted octanol–water partition coefficient (Wildman–Crippen LogP) is 2.57. The molecule has 2 aromatic rings. The first-order valence-electron chi connectivity index (χ1n) is 5.09. The Bertz CT molecular complexity index is 564. The minimum atomic E-state index is -1.44. The second kappa shape index (κ2) is 4.59. The van der Waals surface area contributed by atoms with Crippen molar-refractivity contribution >= 4 is 10.8 Å². The van der Waals surface area contributed by atoms with E-state index >= 15 is 0 Å². The summed E-state index contributed by atoms with van der Waals surface area (Å²) in [5, 5.41) is 19.3. The van der Waals surface area contributed by atoms with Gasteiger partial charge in [0.15, 0.2) is 0 Å². The molecule has 88 valence electrons. The van der Waals surface area contributed by atoms with Crippen LogP contribution in [0.5, 0.6) is 11.5 Å². The molecule has 0 amide bonds. The Morgan fingerprint density at radius 2 is 1.65 bits per heavy atom. The lowest BCUT2D eigenvalue weighted by molar-refractivity contribution is 0.433. The first-order chi connectivity index (χ1) is 8.11. The van der Waals surface area contributed by atoms with Crippen LogP contribution in [-0.4, -0.2) is 14.4 Å². The molecule has 0 spiro atoms. The summed E-state index contributed by atoms with van der Waals surface area (Å²) in [5.74, 6) is -0.122. The van der Waals surface area contributed by atoms with Crippen LogP contribution in [-0.2, 0) is 10.8 Å². The third-order valence-corrected chi connectivity index (χ3v) is 3.95. The van der Waals surface area contributed by atoms with E-state index in [1.54, 1.807) is 31.2 Å². The number of phenols is 2. The number of hydrogen-bond acceptors (Lipinski definition) is 3. The molecule has 0 saturated heterocycles. The molecule has 0 fully saturated rings. The van der Waals surface area contributed by atoms with Crippen LogP contribution in [0.1, 0.15) is 5.56 Å². The monoisotopic (exact) mass is 248 g/mol. The fraction of sp³-hybridized carbons (Fsp3) is 0.0769. The lowest BCUT2D eigenvalue weighted by atomic mass is 10.2. The Kier molecular flexibility index (Phi) is 3.15. The molecule has 0 aliphatic rings. The summed E-state index contributed by atoms with van der Waals surface area (Å²) >= 11 is 0. The quantitative estimate of drug-likeness (QED) is 0.858. The molecular weight excluding hydrogens is 236 g/mol. The molecule has 3 nitrogen and oxygen atoms in total. The zero-order valence-electron chi connectivity index (χ0n) is 9.25. The molecule has 4 heteroatoms. The summed E-state index contributed by atoms with van der Waals surface area (Å²) in [6.07, 6.45) is 0. The number of hydrogen-bond donors (Lipinski definition) is 2. The number of phenolic OH excluding ortho intramolecular Hbond substituents is 2. The molecule has 1 unspecified atom stereocenters. The van der Waals surface area contributed by atoms with E-state index in [-0.39, 0.29) is 11.5 Å². The highest BCUT2D eigenvalue weighted by atomic mass is 32.2. The van der Waals surface area contributed by atoms with Crippen molar-refractivity contribution in [2.45, 2.75) is 16.7 Å². The van der Waals surface area contributed by atoms with Crippen molar-refractivity contribution in [1.82, 2.24) is 0 Å². The molecule has 2 aromatic carbocycles. The Balaban J connectivity index is 2.49. The normalized spacial score (nSPS) is 12.3. The number of benzene rings is 2. The smallest absolute Gasteiger partial charge is 0.138 e. The summed E-state index contributed by atoms with van der Waals surface area (Å²) in [6.45, 7) is 1.58. The minimum Gasteiger partial charge on any atom is -0.508 e. The van der Waals surface area contributed by atoms with Gasteiger partial charge in [-0.15, -0.1) is 0 Å². The van der Waals surface area contributed by atoms with Gasteiger partial charge in [-0.2, -0.15) is 0 Å². The van der Waals surface area contributed by atoms with Gasteiger partial charge in [0.05, 0.1) is 15.7 Å². The van der Waals surface area contributed by atoms with E-state index in [0.717, 1.165) is 0 Å². The van der Waals surface area contributed by atoms with Crippen molar-refractivity contribution in [2.75, 3.05) is 0 Å². The Labute approximate surface area is 102 Å². The molecule has 1 atom stereocenters. The van der Waals surface area contributed by atoms with E-state index in [2.05, 4.69) is 0 Å². The van der Waals surface area contributed by atoms with Gasteiger partial charge >= 0.3 is 0 Å². The zero-order valence-corrected chi connectivity index (χ0v) is 10.1. The van der Waals surface area contributed by atoms with Crippen LogP contribution in [0.2, 0.25) is 0 Å². The first-order valence-corrected chi connectivity index (χ1v) is 6.24. The molecule has 0 heterocycles. The summed E-state index contributed by atoms with van der Waals surface area (Å²) in [6, 6.07) is 11.8. The van der Waals surface area contributed by atoms with E-state index in [4.69, 9.17) is 0 Å². The van der Waals surface area contributed by atoms with Crippen molar-refractivity contribution < 1.29 is 14.4 Å². The maximum Gasteiger partial charge on any atom is 0.138 e. The average molecular weight is 248 g/mol. The minimum absolute atomic E-state index is 0.00342. The van der Waals surface area contributed by atoms with Gasteiger partial charge in [0.2, 0.25) is 0 Å². The second-order valence-electron chi connectivity index (χ2n) is 3.64. The molecule has 0 aliphatic carbocycles. The van der Waals surface area contributed by atoms with Gasteiger partial charge in [-0.05, 0) is 31.2 Å². The second-order valence-corrected chi connectivity index (χ2v) is 5.09. The van der Waals surface area contributed by atoms with Crippen molar-refractivity contribution in [3.63, 3.8) is 0 Å². The molecule has 0 saturated carbocycles. The fourth-order valence-corrected chi connectivity index (χ4v) is 2.66. The van der Waals surface area contributed by atoms with Gasteiger partial charge in [0, 0.05) is 10.5 Å². The molecule has 2 rings (SSSR count). The average Bonchev–Trinajstić information content (AvgIpc) is 2.36. The number of rotatable bonds is 2. The van der Waals surface area contributed by atoms with E-state index < -0.39 is 10.8 Å². The lowest BCUT2D eigenvalue weighted by Gasteiger charge is -2.08. The van der Waals surface area contributed by atoms with Crippen LogP contribution < -0.4 is 0 Å².